The van der Waals surface area contributed by atoms with E-state index in [1.165, 1.54) is 38.5 Å². The molecule has 0 aromatic carbocycles. The third-order valence-electron chi connectivity index (χ3n) is 11.3. The van der Waals surface area contributed by atoms with E-state index in [2.05, 4.69) is 52.4 Å². The van der Waals surface area contributed by atoms with Gasteiger partial charge in [-0.2, -0.15) is 0 Å². The quantitative estimate of drug-likeness (QED) is 0.160. The zero-order valence-corrected chi connectivity index (χ0v) is 24.8. The molecule has 4 rings (SSSR count). The number of aliphatic hydroxyl groups is 1. The second kappa shape index (κ2) is 11.1. The molecule has 4 saturated carbocycles. The zero-order chi connectivity index (χ0) is 27.0. The Bertz CT molecular complexity index is 841. The summed E-state index contributed by atoms with van der Waals surface area (Å²) in [6.45, 7) is 10.4. The Morgan fingerprint density at radius 1 is 1.03 bits per heavy atom. The van der Waals surface area contributed by atoms with Crippen LogP contribution in [0.25, 0.3) is 0 Å². The average Bonchev–Trinajstić information content (AvgIpc) is 3.19. The van der Waals surface area contributed by atoms with Crippen LogP contribution in [0, 0.1) is 40.4 Å². The lowest BCUT2D eigenvalue weighted by atomic mass is 9.44. The third kappa shape index (κ3) is 6.04. The van der Waals surface area contributed by atoms with Crippen LogP contribution in [0.3, 0.4) is 0 Å². The van der Waals surface area contributed by atoms with Crippen LogP contribution < -0.4 is 5.32 Å². The Kier molecular flexibility index (Phi) is 8.67. The van der Waals surface area contributed by atoms with Gasteiger partial charge < -0.3 is 19.8 Å². The maximum Gasteiger partial charge on any atom is 0.435 e. The first-order chi connectivity index (χ1) is 17.3. The van der Waals surface area contributed by atoms with E-state index in [1.807, 2.05) is 0 Å². The van der Waals surface area contributed by atoms with Gasteiger partial charge in [0, 0.05) is 32.6 Å². The Morgan fingerprint density at radius 2 is 1.73 bits per heavy atom. The first-order valence-electron chi connectivity index (χ1n) is 15.0. The van der Waals surface area contributed by atoms with E-state index in [9.17, 15) is 9.90 Å². The minimum atomic E-state index is -0.373. The minimum absolute atomic E-state index is 0.0796. The van der Waals surface area contributed by atoms with Crippen molar-refractivity contribution in [2.75, 3.05) is 54.4 Å². The van der Waals surface area contributed by atoms with Crippen LogP contribution >= 0.6 is 0 Å². The van der Waals surface area contributed by atoms with Gasteiger partial charge in [0.25, 0.3) is 0 Å². The predicted molar refractivity (Wildman–Crippen MR) is 149 cm³/mol. The van der Waals surface area contributed by atoms with E-state index in [0.717, 1.165) is 66.8 Å². The van der Waals surface area contributed by atoms with Crippen LogP contribution in [-0.2, 0) is 4.84 Å². The first kappa shape index (κ1) is 28.8. The zero-order valence-electron chi connectivity index (χ0n) is 24.8. The molecule has 0 spiro atoms. The maximum atomic E-state index is 12.6. The Labute approximate surface area is 225 Å². The van der Waals surface area contributed by atoms with Crippen LogP contribution in [0.5, 0.6) is 0 Å². The molecule has 4 aliphatic carbocycles. The number of fused-ring (bicyclic) bond motifs is 5. The molecule has 212 valence electrons. The summed E-state index contributed by atoms with van der Waals surface area (Å²) in [6.07, 6.45) is 10.3. The number of carbonyl (C=O) groups is 1. The van der Waals surface area contributed by atoms with Gasteiger partial charge in [-0.05, 0) is 99.2 Å². The topological polar surface area (TPSA) is 74.2 Å². The number of rotatable bonds is 8. The highest BCUT2D eigenvalue weighted by atomic mass is 16.7. The second-order valence-corrected chi connectivity index (χ2v) is 14.5. The van der Waals surface area contributed by atoms with Gasteiger partial charge in [-0.1, -0.05) is 19.0 Å². The van der Waals surface area contributed by atoms with Crippen molar-refractivity contribution in [2.24, 2.45) is 45.6 Å². The summed E-state index contributed by atoms with van der Waals surface area (Å²) >= 11 is 0. The van der Waals surface area contributed by atoms with Crippen LogP contribution in [0.1, 0.15) is 78.6 Å². The molecule has 0 aromatic heterocycles. The van der Waals surface area contributed by atoms with Crippen molar-refractivity contribution in [3.8, 4) is 0 Å². The van der Waals surface area contributed by atoms with Crippen molar-refractivity contribution in [2.45, 2.75) is 84.7 Å². The molecule has 8 atom stereocenters. The van der Waals surface area contributed by atoms with Gasteiger partial charge in [0.15, 0.2) is 0 Å². The molecule has 4 fully saturated rings. The summed E-state index contributed by atoms with van der Waals surface area (Å²) in [5.41, 5.74) is 1.65. The van der Waals surface area contributed by atoms with Gasteiger partial charge in [0.1, 0.15) is 0 Å². The highest BCUT2D eigenvalue weighted by molar-refractivity contribution is 5.85. The largest absolute Gasteiger partial charge is 0.435 e. The Balaban J connectivity index is 1.31. The SMILES string of the molecule is C/C(=N\OC(=O)N(C)CCNCC[N+](C)(C)C)[C@H]1CC[C@H]2[C@@H]3CC[C@H]4C[C@@H](O)CC[C@]4(C)[C@H]3CC[C@]12C. The van der Waals surface area contributed by atoms with Crippen molar-refractivity contribution in [1.29, 1.82) is 0 Å². The van der Waals surface area contributed by atoms with E-state index in [4.69, 9.17) is 4.84 Å². The first-order valence-corrected chi connectivity index (χ1v) is 15.0. The second-order valence-electron chi connectivity index (χ2n) is 14.5. The van der Waals surface area contributed by atoms with Crippen molar-refractivity contribution in [1.82, 2.24) is 10.2 Å². The Hall–Kier alpha value is -1.18. The molecule has 7 heteroatoms. The van der Waals surface area contributed by atoms with E-state index < -0.39 is 0 Å². The number of nitrogens with one attached hydrogen (secondary N) is 1. The summed E-state index contributed by atoms with van der Waals surface area (Å²) < 4.78 is 0.922. The maximum absolute atomic E-state index is 12.6. The standard InChI is InChI=1S/C30H55N4O3/c1-21(32-37-28(36)33(4)18-16-31-17-19-34(5,6)7)25-10-11-26-24-9-8-22-20-23(35)12-14-29(22,2)27(24)13-15-30(25,26)3/h22-27,31,35H,8-20H2,1-7H3/q+1/b32-21+/t22-,23-,24-,25+,26-,27-,29-,30+/m0/s1. The lowest BCUT2D eigenvalue weighted by Crippen LogP contribution is -2.54. The predicted octanol–water partition coefficient (Wildman–Crippen LogP) is 4.75. The highest BCUT2D eigenvalue weighted by Gasteiger charge is 2.60. The fourth-order valence-corrected chi connectivity index (χ4v) is 9.04. The van der Waals surface area contributed by atoms with Gasteiger partial charge in [0.2, 0.25) is 0 Å². The summed E-state index contributed by atoms with van der Waals surface area (Å²) in [7, 11) is 8.32. The molecular weight excluding hydrogens is 464 g/mol. The Morgan fingerprint density at radius 3 is 2.46 bits per heavy atom. The van der Waals surface area contributed by atoms with E-state index >= 15 is 0 Å². The van der Waals surface area contributed by atoms with Gasteiger partial charge in [-0.25, -0.2) is 4.79 Å². The smallest absolute Gasteiger partial charge is 0.393 e. The molecule has 0 aromatic rings. The number of hydrogen-bond donors (Lipinski definition) is 2. The number of carbonyl (C=O) groups excluding carboxylic acids is 1. The molecule has 7 nitrogen and oxygen atoms in total. The normalized spacial score (nSPS) is 39.9. The summed E-state index contributed by atoms with van der Waals surface area (Å²) in [5.74, 6) is 3.43. The molecule has 37 heavy (non-hydrogen) atoms. The van der Waals surface area contributed by atoms with E-state index in [1.54, 1.807) is 11.9 Å². The van der Waals surface area contributed by atoms with Crippen LogP contribution in [0.4, 0.5) is 4.79 Å². The summed E-state index contributed by atoms with van der Waals surface area (Å²) in [4.78, 5) is 19.6. The van der Waals surface area contributed by atoms with Crippen LogP contribution in [0.2, 0.25) is 0 Å². The average molecular weight is 520 g/mol. The van der Waals surface area contributed by atoms with E-state index in [-0.39, 0.29) is 17.6 Å². The van der Waals surface area contributed by atoms with Crippen molar-refractivity contribution >= 4 is 11.8 Å². The molecule has 1 amide bonds. The van der Waals surface area contributed by atoms with Crippen molar-refractivity contribution in [3.05, 3.63) is 0 Å². The van der Waals surface area contributed by atoms with Crippen molar-refractivity contribution in [3.63, 3.8) is 0 Å². The van der Waals surface area contributed by atoms with E-state index in [0.29, 0.717) is 23.8 Å². The monoisotopic (exact) mass is 519 g/mol. The fraction of sp³-hybridized carbons (Fsp3) is 0.933. The number of quaternary nitrogens is 1. The van der Waals surface area contributed by atoms with Crippen LogP contribution in [-0.4, -0.2) is 86.8 Å². The molecule has 4 aliphatic rings. The number of aliphatic hydroxyl groups excluding tert-OH is 1. The van der Waals surface area contributed by atoms with Gasteiger partial charge in [-0.3, -0.25) is 4.84 Å². The van der Waals surface area contributed by atoms with Gasteiger partial charge in [0.05, 0.1) is 39.5 Å². The molecule has 0 aliphatic heterocycles. The molecule has 0 unspecified atom stereocenters. The number of oxime groups is 1. The van der Waals surface area contributed by atoms with Gasteiger partial charge in [-0.15, -0.1) is 0 Å². The van der Waals surface area contributed by atoms with Crippen LogP contribution in [0.15, 0.2) is 5.16 Å². The summed E-state index contributed by atoms with van der Waals surface area (Å²) in [6, 6.07) is 0. The number of likely N-dealkylation sites (N-methyl/N-ethyl adjacent to an activating group) is 2. The number of amides is 1. The molecule has 2 N–H and O–H groups in total. The number of nitrogens with zero attached hydrogens (tertiary/aromatic N) is 3. The molecule has 0 heterocycles. The molecule has 0 saturated heterocycles. The highest BCUT2D eigenvalue weighted by Crippen LogP contribution is 2.67. The van der Waals surface area contributed by atoms with Gasteiger partial charge >= 0.3 is 6.09 Å². The molecule has 0 bridgehead atoms. The molecular formula is C30H55N4O3+. The lowest BCUT2D eigenvalue weighted by Gasteiger charge is -2.61. The fourth-order valence-electron chi connectivity index (χ4n) is 9.04. The number of hydrogen-bond acceptors (Lipinski definition) is 5. The van der Waals surface area contributed by atoms with Crippen molar-refractivity contribution < 1.29 is 19.2 Å². The lowest BCUT2D eigenvalue weighted by molar-refractivity contribution is -0.869. The summed E-state index contributed by atoms with van der Waals surface area (Å²) in [5, 5.41) is 18.1. The molecule has 0 radical (unpaired) electrons. The minimum Gasteiger partial charge on any atom is -0.393 e. The third-order valence-corrected chi connectivity index (χ3v) is 11.3.